The summed E-state index contributed by atoms with van der Waals surface area (Å²) in [5, 5.41) is 3.43. The predicted octanol–water partition coefficient (Wildman–Crippen LogP) is 4.16. The van der Waals surface area contributed by atoms with Crippen LogP contribution in [-0.2, 0) is 14.3 Å². The van der Waals surface area contributed by atoms with Crippen LogP contribution in [0.3, 0.4) is 0 Å². The van der Waals surface area contributed by atoms with Gasteiger partial charge in [0.15, 0.2) is 6.61 Å². The molecule has 6 heteroatoms. The van der Waals surface area contributed by atoms with Crippen molar-refractivity contribution in [2.24, 2.45) is 0 Å². The van der Waals surface area contributed by atoms with Crippen LogP contribution in [0.2, 0.25) is 5.02 Å². The first kappa shape index (κ1) is 19.3. The minimum absolute atomic E-state index is 0.171. The van der Waals surface area contributed by atoms with Crippen LogP contribution in [0.5, 0.6) is 0 Å². The molecule has 1 N–H and O–H groups in total. The van der Waals surface area contributed by atoms with Crippen LogP contribution in [0.4, 0.5) is 0 Å². The van der Waals surface area contributed by atoms with Crippen molar-refractivity contribution in [2.75, 3.05) is 12.4 Å². The molecule has 1 atom stereocenters. The average molecular weight is 378 g/mol. The van der Waals surface area contributed by atoms with E-state index in [-0.39, 0.29) is 24.3 Å². The highest BCUT2D eigenvalue weighted by molar-refractivity contribution is 8.00. The van der Waals surface area contributed by atoms with Crippen LogP contribution in [0.25, 0.3) is 0 Å². The Balaban J connectivity index is 1.73. The molecule has 1 amide bonds. The Morgan fingerprint density at radius 1 is 1.16 bits per heavy atom. The Hall–Kier alpha value is -1.98. The second kappa shape index (κ2) is 9.49. The molecule has 0 aromatic heterocycles. The van der Waals surface area contributed by atoms with Crippen LogP contribution in [0.15, 0.2) is 53.4 Å². The third-order valence-electron chi connectivity index (χ3n) is 3.55. The largest absolute Gasteiger partial charge is 0.455 e. The number of halogens is 1. The van der Waals surface area contributed by atoms with Crippen molar-refractivity contribution in [2.45, 2.75) is 24.8 Å². The van der Waals surface area contributed by atoms with Gasteiger partial charge in [-0.15, -0.1) is 11.8 Å². The van der Waals surface area contributed by atoms with Crippen molar-refractivity contribution < 1.29 is 14.3 Å². The summed E-state index contributed by atoms with van der Waals surface area (Å²) in [4.78, 5) is 24.7. The van der Waals surface area contributed by atoms with E-state index in [2.05, 4.69) is 5.32 Å². The van der Waals surface area contributed by atoms with Gasteiger partial charge in [0.25, 0.3) is 5.91 Å². The first-order valence-electron chi connectivity index (χ1n) is 7.84. The van der Waals surface area contributed by atoms with Crippen molar-refractivity contribution in [1.29, 1.82) is 0 Å². The highest BCUT2D eigenvalue weighted by Crippen LogP contribution is 2.21. The van der Waals surface area contributed by atoms with Crippen LogP contribution in [0.1, 0.15) is 24.1 Å². The SMILES string of the molecule is Cc1ccccc1SCC(=O)OCC(=O)N[C@@H](C)c1ccc(Cl)cc1. The normalized spacial score (nSPS) is 11.6. The number of esters is 1. The quantitative estimate of drug-likeness (QED) is 0.581. The molecular weight excluding hydrogens is 358 g/mol. The molecule has 2 rings (SSSR count). The Labute approximate surface area is 156 Å². The van der Waals surface area contributed by atoms with E-state index < -0.39 is 5.97 Å². The number of carbonyl (C=O) groups is 2. The molecule has 2 aromatic rings. The Morgan fingerprint density at radius 3 is 2.52 bits per heavy atom. The van der Waals surface area contributed by atoms with E-state index in [9.17, 15) is 9.59 Å². The molecule has 25 heavy (non-hydrogen) atoms. The van der Waals surface area contributed by atoms with Gasteiger partial charge in [-0.3, -0.25) is 9.59 Å². The third-order valence-corrected chi connectivity index (χ3v) is 4.95. The number of rotatable bonds is 7. The molecule has 0 aliphatic heterocycles. The van der Waals surface area contributed by atoms with Crippen LogP contribution in [0, 0.1) is 6.92 Å². The molecule has 0 saturated carbocycles. The highest BCUT2D eigenvalue weighted by atomic mass is 35.5. The van der Waals surface area contributed by atoms with E-state index in [1.165, 1.54) is 11.8 Å². The molecule has 0 unspecified atom stereocenters. The lowest BCUT2D eigenvalue weighted by atomic mass is 10.1. The van der Waals surface area contributed by atoms with Crippen molar-refractivity contribution in [1.82, 2.24) is 5.32 Å². The Morgan fingerprint density at radius 2 is 1.84 bits per heavy atom. The molecule has 4 nitrogen and oxygen atoms in total. The third kappa shape index (κ3) is 6.44. The summed E-state index contributed by atoms with van der Waals surface area (Å²) in [7, 11) is 0. The van der Waals surface area contributed by atoms with E-state index >= 15 is 0 Å². The zero-order chi connectivity index (χ0) is 18.2. The van der Waals surface area contributed by atoms with Crippen LogP contribution < -0.4 is 5.32 Å². The molecule has 0 bridgehead atoms. The summed E-state index contributed by atoms with van der Waals surface area (Å²) in [5.41, 5.74) is 2.04. The Kier molecular flexibility index (Phi) is 7.34. The smallest absolute Gasteiger partial charge is 0.316 e. The van der Waals surface area contributed by atoms with Crippen molar-refractivity contribution in [3.63, 3.8) is 0 Å². The number of carbonyl (C=O) groups excluding carboxylic acids is 2. The second-order valence-electron chi connectivity index (χ2n) is 5.56. The van der Waals surface area contributed by atoms with Gasteiger partial charge in [-0.25, -0.2) is 0 Å². The second-order valence-corrected chi connectivity index (χ2v) is 7.01. The van der Waals surface area contributed by atoms with Gasteiger partial charge in [-0.1, -0.05) is 41.9 Å². The predicted molar refractivity (Wildman–Crippen MR) is 101 cm³/mol. The fourth-order valence-electron chi connectivity index (χ4n) is 2.16. The Bertz CT molecular complexity index is 734. The summed E-state index contributed by atoms with van der Waals surface area (Å²) in [6.07, 6.45) is 0. The van der Waals surface area contributed by atoms with Gasteiger partial charge < -0.3 is 10.1 Å². The van der Waals surface area contributed by atoms with Crippen molar-refractivity contribution in [3.8, 4) is 0 Å². The molecule has 0 aliphatic rings. The minimum atomic E-state index is -0.414. The van der Waals surface area contributed by atoms with Gasteiger partial charge >= 0.3 is 5.97 Å². The van der Waals surface area contributed by atoms with Gasteiger partial charge in [0.05, 0.1) is 11.8 Å². The number of thioether (sulfide) groups is 1. The maximum absolute atomic E-state index is 11.9. The number of amides is 1. The monoisotopic (exact) mass is 377 g/mol. The summed E-state index contributed by atoms with van der Waals surface area (Å²) >= 11 is 7.24. The fourth-order valence-corrected chi connectivity index (χ4v) is 3.11. The number of hydrogen-bond acceptors (Lipinski definition) is 4. The molecule has 0 aliphatic carbocycles. The molecule has 2 aromatic carbocycles. The van der Waals surface area contributed by atoms with Crippen molar-refractivity contribution >= 4 is 35.2 Å². The van der Waals surface area contributed by atoms with E-state index in [4.69, 9.17) is 16.3 Å². The first-order chi connectivity index (χ1) is 12.0. The summed E-state index contributed by atoms with van der Waals surface area (Å²) in [6, 6.07) is 14.8. The highest BCUT2D eigenvalue weighted by Gasteiger charge is 2.12. The number of ether oxygens (including phenoxy) is 1. The van der Waals surface area contributed by atoms with Gasteiger partial charge in [0, 0.05) is 9.92 Å². The van der Waals surface area contributed by atoms with Gasteiger partial charge in [0.1, 0.15) is 0 Å². The zero-order valence-electron chi connectivity index (χ0n) is 14.1. The summed E-state index contributed by atoms with van der Waals surface area (Å²) in [6.45, 7) is 3.56. The first-order valence-corrected chi connectivity index (χ1v) is 9.21. The number of hydrogen-bond donors (Lipinski definition) is 1. The standard InChI is InChI=1S/C19H20ClNO3S/c1-13-5-3-4-6-17(13)25-12-19(23)24-11-18(22)21-14(2)15-7-9-16(20)10-8-15/h3-10,14H,11-12H2,1-2H3,(H,21,22)/t14-/m0/s1. The fraction of sp³-hybridized carbons (Fsp3) is 0.263. The minimum Gasteiger partial charge on any atom is -0.455 e. The van der Waals surface area contributed by atoms with Gasteiger partial charge in [0.2, 0.25) is 0 Å². The molecule has 0 heterocycles. The maximum Gasteiger partial charge on any atom is 0.316 e. The number of aryl methyl sites for hydroxylation is 1. The van der Waals surface area contributed by atoms with Crippen molar-refractivity contribution in [3.05, 3.63) is 64.7 Å². The molecule has 132 valence electrons. The zero-order valence-corrected chi connectivity index (χ0v) is 15.7. The number of nitrogens with one attached hydrogen (secondary N) is 1. The lowest BCUT2D eigenvalue weighted by Gasteiger charge is -2.14. The van der Waals surface area contributed by atoms with E-state index in [0.717, 1.165) is 16.0 Å². The van der Waals surface area contributed by atoms with Gasteiger partial charge in [-0.2, -0.15) is 0 Å². The summed E-state index contributed by atoms with van der Waals surface area (Å²) in [5.74, 6) is -0.579. The number of benzene rings is 2. The van der Waals surface area contributed by atoms with E-state index in [1.54, 1.807) is 12.1 Å². The lowest BCUT2D eigenvalue weighted by molar-refractivity contribution is -0.146. The topological polar surface area (TPSA) is 55.4 Å². The van der Waals surface area contributed by atoms with Crippen LogP contribution >= 0.6 is 23.4 Å². The van der Waals surface area contributed by atoms with E-state index in [1.807, 2.05) is 50.2 Å². The molecule has 0 spiro atoms. The molecule has 0 saturated heterocycles. The van der Waals surface area contributed by atoms with E-state index in [0.29, 0.717) is 5.02 Å². The summed E-state index contributed by atoms with van der Waals surface area (Å²) < 4.78 is 5.03. The molecular formula is C19H20ClNO3S. The lowest BCUT2D eigenvalue weighted by Crippen LogP contribution is -2.31. The average Bonchev–Trinajstić information content (AvgIpc) is 2.59. The molecule has 0 radical (unpaired) electrons. The maximum atomic E-state index is 11.9. The van der Waals surface area contributed by atoms with Gasteiger partial charge in [-0.05, 0) is 43.2 Å². The molecule has 0 fully saturated rings. The van der Waals surface area contributed by atoms with Crippen LogP contribution in [-0.4, -0.2) is 24.2 Å².